The van der Waals surface area contributed by atoms with E-state index in [0.717, 1.165) is 0 Å². The standard InChI is InChI=1S/C13H12FNO4/c1-6-8(4-9(14)7(2)12(6)18-3)11-5-10(13(16)17)15-19-11/h4-5H,1-3H3,(H,16,17). The molecule has 0 aliphatic carbocycles. The van der Waals surface area contributed by atoms with Crippen molar-refractivity contribution in [2.24, 2.45) is 0 Å². The van der Waals surface area contributed by atoms with E-state index in [9.17, 15) is 9.18 Å². The smallest absolute Gasteiger partial charge is 0.358 e. The second-order valence-electron chi connectivity index (χ2n) is 4.07. The quantitative estimate of drug-likeness (QED) is 0.923. The number of benzene rings is 1. The van der Waals surface area contributed by atoms with Crippen molar-refractivity contribution in [3.63, 3.8) is 0 Å². The molecule has 0 saturated heterocycles. The second kappa shape index (κ2) is 4.72. The Labute approximate surface area is 108 Å². The lowest BCUT2D eigenvalue weighted by Crippen LogP contribution is -1.97. The molecule has 0 amide bonds. The first-order valence-corrected chi connectivity index (χ1v) is 5.49. The normalized spacial score (nSPS) is 10.5. The first-order valence-electron chi connectivity index (χ1n) is 5.49. The van der Waals surface area contributed by atoms with E-state index in [2.05, 4.69) is 5.16 Å². The first kappa shape index (κ1) is 13.1. The van der Waals surface area contributed by atoms with Crippen LogP contribution in [0.15, 0.2) is 16.7 Å². The molecule has 0 unspecified atom stereocenters. The van der Waals surface area contributed by atoms with Gasteiger partial charge in [0, 0.05) is 22.8 Å². The molecule has 5 nitrogen and oxygen atoms in total. The minimum atomic E-state index is -1.20. The molecule has 0 bridgehead atoms. The molecule has 100 valence electrons. The Morgan fingerprint density at radius 3 is 2.58 bits per heavy atom. The maximum Gasteiger partial charge on any atom is 0.358 e. The predicted octanol–water partition coefficient (Wildman–Crippen LogP) is 2.80. The Balaban J connectivity index is 2.61. The molecule has 0 aliphatic heterocycles. The van der Waals surface area contributed by atoms with E-state index in [4.69, 9.17) is 14.4 Å². The minimum Gasteiger partial charge on any atom is -0.496 e. The molecular formula is C13H12FNO4. The number of methoxy groups -OCH3 is 1. The van der Waals surface area contributed by atoms with Gasteiger partial charge in [-0.3, -0.25) is 0 Å². The predicted molar refractivity (Wildman–Crippen MR) is 64.9 cm³/mol. The van der Waals surface area contributed by atoms with Gasteiger partial charge in [-0.15, -0.1) is 0 Å². The van der Waals surface area contributed by atoms with Gasteiger partial charge in [0.05, 0.1) is 7.11 Å². The van der Waals surface area contributed by atoms with Crippen molar-refractivity contribution in [2.45, 2.75) is 13.8 Å². The van der Waals surface area contributed by atoms with Crippen LogP contribution < -0.4 is 4.74 Å². The number of aromatic carboxylic acids is 1. The van der Waals surface area contributed by atoms with Gasteiger partial charge in [0.25, 0.3) is 0 Å². The van der Waals surface area contributed by atoms with Gasteiger partial charge in [0.1, 0.15) is 11.6 Å². The zero-order valence-corrected chi connectivity index (χ0v) is 10.7. The van der Waals surface area contributed by atoms with Crippen LogP contribution in [0.2, 0.25) is 0 Å². The van der Waals surface area contributed by atoms with Crippen LogP contribution in [-0.4, -0.2) is 23.3 Å². The van der Waals surface area contributed by atoms with Crippen LogP contribution >= 0.6 is 0 Å². The number of hydrogen-bond donors (Lipinski definition) is 1. The fourth-order valence-corrected chi connectivity index (χ4v) is 1.92. The van der Waals surface area contributed by atoms with Crippen molar-refractivity contribution in [3.8, 4) is 17.1 Å². The molecule has 2 aromatic rings. The van der Waals surface area contributed by atoms with E-state index in [-0.39, 0.29) is 11.5 Å². The number of carboxylic acids is 1. The molecule has 0 spiro atoms. The Morgan fingerprint density at radius 1 is 1.37 bits per heavy atom. The zero-order chi connectivity index (χ0) is 14.2. The number of carbonyl (C=O) groups is 1. The number of nitrogens with zero attached hydrogens (tertiary/aromatic N) is 1. The number of carboxylic acid groups (broad SMARTS) is 1. The lowest BCUT2D eigenvalue weighted by molar-refractivity contribution is 0.0686. The summed E-state index contributed by atoms with van der Waals surface area (Å²) in [5, 5.41) is 12.2. The van der Waals surface area contributed by atoms with Crippen molar-refractivity contribution in [1.29, 1.82) is 0 Å². The summed E-state index contributed by atoms with van der Waals surface area (Å²) in [4.78, 5) is 10.8. The van der Waals surface area contributed by atoms with Crippen LogP contribution in [0.3, 0.4) is 0 Å². The minimum absolute atomic E-state index is 0.187. The monoisotopic (exact) mass is 265 g/mol. The van der Waals surface area contributed by atoms with Crippen molar-refractivity contribution in [3.05, 3.63) is 34.8 Å². The highest BCUT2D eigenvalue weighted by Gasteiger charge is 2.19. The Morgan fingerprint density at radius 2 is 2.05 bits per heavy atom. The highest BCUT2D eigenvalue weighted by atomic mass is 19.1. The van der Waals surface area contributed by atoms with Gasteiger partial charge in [-0.25, -0.2) is 9.18 Å². The molecule has 0 saturated carbocycles. The molecule has 2 rings (SSSR count). The summed E-state index contributed by atoms with van der Waals surface area (Å²) in [6.07, 6.45) is 0. The molecule has 1 aromatic heterocycles. The lowest BCUT2D eigenvalue weighted by atomic mass is 10.0. The second-order valence-corrected chi connectivity index (χ2v) is 4.07. The fourth-order valence-electron chi connectivity index (χ4n) is 1.92. The number of ether oxygens (including phenoxy) is 1. The molecule has 1 aromatic carbocycles. The van der Waals surface area contributed by atoms with Crippen LogP contribution in [0.5, 0.6) is 5.75 Å². The van der Waals surface area contributed by atoms with Crippen molar-refractivity contribution < 1.29 is 23.6 Å². The molecule has 6 heteroatoms. The largest absolute Gasteiger partial charge is 0.496 e. The fraction of sp³-hybridized carbons (Fsp3) is 0.231. The highest BCUT2D eigenvalue weighted by molar-refractivity contribution is 5.86. The number of hydrogen-bond acceptors (Lipinski definition) is 4. The molecular weight excluding hydrogens is 253 g/mol. The highest BCUT2D eigenvalue weighted by Crippen LogP contribution is 2.34. The van der Waals surface area contributed by atoms with Gasteiger partial charge in [-0.1, -0.05) is 5.16 Å². The summed E-state index contributed by atoms with van der Waals surface area (Å²) < 4.78 is 23.9. The Bertz CT molecular complexity index is 648. The van der Waals surface area contributed by atoms with Crippen LogP contribution in [0, 0.1) is 19.7 Å². The van der Waals surface area contributed by atoms with Gasteiger partial charge < -0.3 is 14.4 Å². The van der Waals surface area contributed by atoms with Crippen LogP contribution in [-0.2, 0) is 0 Å². The molecule has 0 fully saturated rings. The van der Waals surface area contributed by atoms with E-state index in [1.54, 1.807) is 13.8 Å². The lowest BCUT2D eigenvalue weighted by Gasteiger charge is -2.12. The molecule has 0 atom stereocenters. The third-order valence-electron chi connectivity index (χ3n) is 2.91. The van der Waals surface area contributed by atoms with E-state index in [1.165, 1.54) is 19.2 Å². The van der Waals surface area contributed by atoms with Crippen LogP contribution in [0.25, 0.3) is 11.3 Å². The van der Waals surface area contributed by atoms with Crippen molar-refractivity contribution >= 4 is 5.97 Å². The molecule has 1 N–H and O–H groups in total. The van der Waals surface area contributed by atoms with Crippen LogP contribution in [0.1, 0.15) is 21.6 Å². The first-order chi connectivity index (χ1) is 8.95. The Hall–Kier alpha value is -2.37. The number of halogens is 1. The topological polar surface area (TPSA) is 72.6 Å². The summed E-state index contributed by atoms with van der Waals surface area (Å²) in [6, 6.07) is 2.53. The Kier molecular flexibility index (Phi) is 3.25. The summed E-state index contributed by atoms with van der Waals surface area (Å²) >= 11 is 0. The molecule has 19 heavy (non-hydrogen) atoms. The molecule has 0 aliphatic rings. The zero-order valence-electron chi connectivity index (χ0n) is 10.7. The van der Waals surface area contributed by atoms with Gasteiger partial charge in [0.2, 0.25) is 0 Å². The van der Waals surface area contributed by atoms with E-state index >= 15 is 0 Å². The number of aromatic nitrogens is 1. The average molecular weight is 265 g/mol. The van der Waals surface area contributed by atoms with Gasteiger partial charge in [0.15, 0.2) is 11.5 Å². The summed E-state index contributed by atoms with van der Waals surface area (Å²) in [5.74, 6) is -1.06. The summed E-state index contributed by atoms with van der Waals surface area (Å²) in [5.41, 5.74) is 1.24. The molecule has 1 heterocycles. The van der Waals surface area contributed by atoms with E-state index in [1.807, 2.05) is 0 Å². The van der Waals surface area contributed by atoms with Gasteiger partial charge in [-0.05, 0) is 19.9 Å². The van der Waals surface area contributed by atoms with Crippen molar-refractivity contribution in [1.82, 2.24) is 5.16 Å². The third-order valence-corrected chi connectivity index (χ3v) is 2.91. The molecule has 0 radical (unpaired) electrons. The third kappa shape index (κ3) is 2.16. The number of rotatable bonds is 3. The maximum absolute atomic E-state index is 13.8. The summed E-state index contributed by atoms with van der Waals surface area (Å²) in [7, 11) is 1.45. The average Bonchev–Trinajstić information content (AvgIpc) is 2.84. The van der Waals surface area contributed by atoms with E-state index in [0.29, 0.717) is 22.4 Å². The van der Waals surface area contributed by atoms with Gasteiger partial charge >= 0.3 is 5.97 Å². The van der Waals surface area contributed by atoms with Crippen LogP contribution in [0.4, 0.5) is 4.39 Å². The van der Waals surface area contributed by atoms with Crippen molar-refractivity contribution in [2.75, 3.05) is 7.11 Å². The maximum atomic E-state index is 13.8. The van der Waals surface area contributed by atoms with E-state index < -0.39 is 11.8 Å². The van der Waals surface area contributed by atoms with Gasteiger partial charge in [-0.2, -0.15) is 0 Å². The SMILES string of the molecule is COc1c(C)c(F)cc(-c2cc(C(=O)O)no2)c1C. The summed E-state index contributed by atoms with van der Waals surface area (Å²) in [6.45, 7) is 3.34.